The van der Waals surface area contributed by atoms with Crippen LogP contribution in [0.2, 0.25) is 0 Å². The van der Waals surface area contributed by atoms with Crippen LogP contribution in [0.5, 0.6) is 0 Å². The molecule has 30 heavy (non-hydrogen) atoms. The van der Waals surface area contributed by atoms with Gasteiger partial charge in [-0.3, -0.25) is 9.89 Å². The van der Waals surface area contributed by atoms with Gasteiger partial charge in [-0.15, -0.1) is 0 Å². The van der Waals surface area contributed by atoms with E-state index < -0.39 is 0 Å². The van der Waals surface area contributed by atoms with Crippen molar-refractivity contribution in [2.75, 3.05) is 17.2 Å². The number of aromatic amines is 1. The summed E-state index contributed by atoms with van der Waals surface area (Å²) in [7, 11) is 0. The second-order valence-electron chi connectivity index (χ2n) is 7.31. The molecule has 0 unspecified atom stereocenters. The molecule has 0 aromatic carbocycles. The number of aliphatic hydroxyl groups is 1. The maximum absolute atomic E-state index is 11.4. The molecule has 4 N–H and O–H groups in total. The number of aliphatic hydroxyl groups excluding tert-OH is 1. The van der Waals surface area contributed by atoms with Gasteiger partial charge in [0, 0.05) is 12.7 Å². The number of amides is 1. The number of carbonyl (C=O) groups excluding carboxylic acids is 1. The Kier molecular flexibility index (Phi) is 5.94. The molecular weight excluding hydrogens is 384 g/mol. The predicted molar refractivity (Wildman–Crippen MR) is 114 cm³/mol. The lowest BCUT2D eigenvalue weighted by Gasteiger charge is -2.17. The minimum absolute atomic E-state index is 0. The van der Waals surface area contributed by atoms with Crippen LogP contribution in [0, 0.1) is 6.92 Å². The monoisotopic (exact) mass is 410 g/mol. The van der Waals surface area contributed by atoms with Crippen molar-refractivity contribution >= 4 is 17.5 Å². The quantitative estimate of drug-likeness (QED) is 0.505. The summed E-state index contributed by atoms with van der Waals surface area (Å²) < 4.78 is 0. The Morgan fingerprint density at radius 1 is 1.07 bits per heavy atom. The van der Waals surface area contributed by atoms with Gasteiger partial charge in [0.25, 0.3) is 0 Å². The standard InChI is InChI=1S/C14H12N8O.C6H12O.H2/c1-7-8(2-3-9(19-7)12-17-6-18-22-12)10-4-15-13-14(20-10)21-11(23)5-16-13;7-6-4-2-1-3-5-6;/h2-4,6H,5H2,1H3,(H,15,16)(H,17,18,22)(H,20,21,23);6-7H,1-5H2;1H. The van der Waals surface area contributed by atoms with Gasteiger partial charge in [0.1, 0.15) is 12.0 Å². The first-order valence-corrected chi connectivity index (χ1v) is 10.0. The topological polar surface area (TPSA) is 142 Å². The van der Waals surface area contributed by atoms with Gasteiger partial charge in [-0.2, -0.15) is 5.10 Å². The summed E-state index contributed by atoms with van der Waals surface area (Å²) in [4.78, 5) is 28.8. The van der Waals surface area contributed by atoms with Gasteiger partial charge < -0.3 is 15.7 Å². The molecule has 0 spiro atoms. The molecule has 10 heteroatoms. The van der Waals surface area contributed by atoms with Crippen molar-refractivity contribution in [3.63, 3.8) is 0 Å². The fourth-order valence-electron chi connectivity index (χ4n) is 3.45. The van der Waals surface area contributed by atoms with Gasteiger partial charge in [0.2, 0.25) is 5.91 Å². The van der Waals surface area contributed by atoms with E-state index in [1.165, 1.54) is 25.6 Å². The number of anilines is 2. The van der Waals surface area contributed by atoms with Gasteiger partial charge in [0.15, 0.2) is 17.5 Å². The number of nitrogens with zero attached hydrogens (tertiary/aromatic N) is 5. The van der Waals surface area contributed by atoms with Gasteiger partial charge in [-0.05, 0) is 31.9 Å². The van der Waals surface area contributed by atoms with Crippen LogP contribution >= 0.6 is 0 Å². The maximum Gasteiger partial charge on any atom is 0.244 e. The van der Waals surface area contributed by atoms with Crippen LogP contribution in [0.25, 0.3) is 22.8 Å². The maximum atomic E-state index is 11.4. The fraction of sp³-hybridized carbons (Fsp3) is 0.400. The van der Waals surface area contributed by atoms with E-state index in [9.17, 15) is 4.79 Å². The minimum Gasteiger partial charge on any atom is -0.393 e. The Balaban J connectivity index is 0.000000292. The number of hydrogen-bond acceptors (Lipinski definition) is 8. The minimum atomic E-state index is -0.139. The summed E-state index contributed by atoms with van der Waals surface area (Å²) >= 11 is 0. The Morgan fingerprint density at radius 3 is 2.57 bits per heavy atom. The van der Waals surface area contributed by atoms with Crippen molar-refractivity contribution in [1.29, 1.82) is 0 Å². The van der Waals surface area contributed by atoms with Crippen LogP contribution in [0.3, 0.4) is 0 Å². The van der Waals surface area contributed by atoms with E-state index in [0.29, 0.717) is 28.8 Å². The van der Waals surface area contributed by atoms with Crippen LogP contribution in [0.1, 0.15) is 39.2 Å². The molecule has 1 aliphatic carbocycles. The highest BCUT2D eigenvalue weighted by Crippen LogP contribution is 2.27. The summed E-state index contributed by atoms with van der Waals surface area (Å²) in [6.07, 6.45) is 9.01. The summed E-state index contributed by atoms with van der Waals surface area (Å²) in [6, 6.07) is 3.73. The van der Waals surface area contributed by atoms with Crippen LogP contribution in [-0.2, 0) is 4.79 Å². The molecule has 1 amide bonds. The first-order valence-electron chi connectivity index (χ1n) is 10.0. The number of pyridine rings is 1. The van der Waals surface area contributed by atoms with Crippen molar-refractivity contribution in [1.82, 2.24) is 30.1 Å². The Morgan fingerprint density at radius 2 is 1.90 bits per heavy atom. The molecule has 0 atom stereocenters. The van der Waals surface area contributed by atoms with Crippen molar-refractivity contribution in [2.45, 2.75) is 45.1 Å². The van der Waals surface area contributed by atoms with E-state index in [4.69, 9.17) is 5.11 Å². The number of aromatic nitrogens is 6. The number of fused-ring (bicyclic) bond motifs is 1. The van der Waals surface area contributed by atoms with Gasteiger partial charge in [0.05, 0.1) is 24.5 Å². The number of rotatable bonds is 2. The highest BCUT2D eigenvalue weighted by atomic mass is 16.3. The molecule has 0 radical (unpaired) electrons. The molecule has 1 aliphatic heterocycles. The van der Waals surface area contributed by atoms with E-state index in [-0.39, 0.29) is 20.0 Å². The van der Waals surface area contributed by atoms with Crippen LogP contribution in [0.4, 0.5) is 11.6 Å². The van der Waals surface area contributed by atoms with E-state index in [2.05, 4.69) is 40.8 Å². The zero-order valence-corrected chi connectivity index (χ0v) is 16.7. The highest BCUT2D eigenvalue weighted by molar-refractivity contribution is 5.98. The highest BCUT2D eigenvalue weighted by Gasteiger charge is 2.18. The first kappa shape index (κ1) is 19.9. The summed E-state index contributed by atoms with van der Waals surface area (Å²) in [5.74, 6) is 1.46. The zero-order valence-electron chi connectivity index (χ0n) is 16.7. The molecule has 2 aliphatic rings. The molecule has 10 nitrogen and oxygen atoms in total. The normalized spacial score (nSPS) is 16.0. The lowest BCUT2D eigenvalue weighted by Crippen LogP contribution is -2.28. The molecular formula is C20H26N8O2. The van der Waals surface area contributed by atoms with Crippen LogP contribution in [0.15, 0.2) is 24.7 Å². The number of nitrogens with one attached hydrogen (secondary N) is 3. The largest absolute Gasteiger partial charge is 0.393 e. The average Bonchev–Trinajstić information content (AvgIpc) is 3.29. The third kappa shape index (κ3) is 4.60. The molecule has 4 heterocycles. The van der Waals surface area contributed by atoms with E-state index in [1.54, 1.807) is 6.20 Å². The number of aryl methyl sites for hydroxylation is 1. The lowest BCUT2D eigenvalue weighted by molar-refractivity contribution is -0.114. The zero-order chi connectivity index (χ0) is 20.9. The fourth-order valence-corrected chi connectivity index (χ4v) is 3.45. The average molecular weight is 410 g/mol. The summed E-state index contributed by atoms with van der Waals surface area (Å²) in [6.45, 7) is 2.08. The Bertz CT molecular complexity index is 1020. The third-order valence-corrected chi connectivity index (χ3v) is 5.04. The number of hydrogen-bond donors (Lipinski definition) is 4. The van der Waals surface area contributed by atoms with Crippen molar-refractivity contribution in [3.8, 4) is 22.8 Å². The predicted octanol–water partition coefficient (Wildman–Crippen LogP) is 2.55. The first-order chi connectivity index (χ1) is 14.6. The second kappa shape index (κ2) is 8.95. The molecule has 5 rings (SSSR count). The molecule has 0 bridgehead atoms. The SMILES string of the molecule is Cc1nc(-c2ncn[nH]2)ccc1-c1cnc2c(n1)NC(=O)CN2.OC1CCCCC1.[HH]. The molecule has 1 saturated carbocycles. The second-order valence-corrected chi connectivity index (χ2v) is 7.31. The lowest BCUT2D eigenvalue weighted by atomic mass is 9.98. The number of carbonyl (C=O) groups is 1. The van der Waals surface area contributed by atoms with Crippen LogP contribution in [-0.4, -0.2) is 53.8 Å². The van der Waals surface area contributed by atoms with Crippen molar-refractivity contribution in [2.24, 2.45) is 0 Å². The van der Waals surface area contributed by atoms with Gasteiger partial charge >= 0.3 is 0 Å². The molecule has 0 saturated heterocycles. The van der Waals surface area contributed by atoms with Gasteiger partial charge in [-0.25, -0.2) is 19.9 Å². The molecule has 1 fully saturated rings. The number of H-pyrrole nitrogens is 1. The van der Waals surface area contributed by atoms with Crippen molar-refractivity contribution < 1.29 is 11.3 Å². The Hall–Kier alpha value is -3.40. The van der Waals surface area contributed by atoms with E-state index in [0.717, 1.165) is 24.1 Å². The molecule has 158 valence electrons. The summed E-state index contributed by atoms with van der Waals surface area (Å²) in [5.41, 5.74) is 2.96. The van der Waals surface area contributed by atoms with Crippen LogP contribution < -0.4 is 10.6 Å². The molecule has 3 aromatic heterocycles. The Labute approximate surface area is 175 Å². The smallest absolute Gasteiger partial charge is 0.244 e. The van der Waals surface area contributed by atoms with E-state index in [1.807, 2.05) is 19.1 Å². The van der Waals surface area contributed by atoms with E-state index >= 15 is 0 Å². The van der Waals surface area contributed by atoms with Gasteiger partial charge in [-0.1, -0.05) is 19.3 Å². The summed E-state index contributed by atoms with van der Waals surface area (Å²) in [5, 5.41) is 21.1. The molecule has 3 aromatic rings. The third-order valence-electron chi connectivity index (χ3n) is 5.04. The van der Waals surface area contributed by atoms with Crippen molar-refractivity contribution in [3.05, 3.63) is 30.4 Å².